The van der Waals surface area contributed by atoms with Crippen molar-refractivity contribution in [1.29, 1.82) is 0 Å². The molecule has 1 aromatic carbocycles. The zero-order valence-corrected chi connectivity index (χ0v) is 17.0. The van der Waals surface area contributed by atoms with Gasteiger partial charge in [-0.25, -0.2) is 4.57 Å². The van der Waals surface area contributed by atoms with Gasteiger partial charge in [0.2, 0.25) is 0 Å². The summed E-state index contributed by atoms with van der Waals surface area (Å²) in [4.78, 5) is 14.5. The summed E-state index contributed by atoms with van der Waals surface area (Å²) in [5.74, 6) is 1.49. The fourth-order valence-electron chi connectivity index (χ4n) is 2.63. The van der Waals surface area contributed by atoms with Crippen molar-refractivity contribution >= 4 is 17.7 Å². The van der Waals surface area contributed by atoms with E-state index >= 15 is 0 Å². The van der Waals surface area contributed by atoms with Gasteiger partial charge in [-0.15, -0.1) is 4.68 Å². The van der Waals surface area contributed by atoms with E-state index in [2.05, 4.69) is 48.1 Å². The molecular formula is C21H31N4O+. The first kappa shape index (κ1) is 19.9. The minimum Gasteiger partial charge on any atom is -0.378 e. The van der Waals surface area contributed by atoms with E-state index in [9.17, 15) is 4.79 Å². The van der Waals surface area contributed by atoms with Gasteiger partial charge in [0.1, 0.15) is 12.7 Å². The minimum absolute atomic E-state index is 0.213. The highest BCUT2D eigenvalue weighted by molar-refractivity contribution is 5.82. The second-order valence-corrected chi connectivity index (χ2v) is 8.19. The third-order valence-corrected chi connectivity index (χ3v) is 4.32. The number of benzene rings is 1. The summed E-state index contributed by atoms with van der Waals surface area (Å²) in [7, 11) is 4.05. The molecule has 0 bridgehead atoms. The van der Waals surface area contributed by atoms with E-state index in [1.807, 2.05) is 62.7 Å². The van der Waals surface area contributed by atoms with Crippen LogP contribution in [0.25, 0.3) is 0 Å². The van der Waals surface area contributed by atoms with Crippen molar-refractivity contribution in [2.75, 3.05) is 19.0 Å². The summed E-state index contributed by atoms with van der Waals surface area (Å²) in [6.45, 7) is 10.5. The van der Waals surface area contributed by atoms with Crippen LogP contribution in [0.1, 0.15) is 51.9 Å². The van der Waals surface area contributed by atoms with Crippen LogP contribution in [0.15, 0.2) is 41.8 Å². The van der Waals surface area contributed by atoms with Crippen LogP contribution in [0.3, 0.4) is 0 Å². The standard InChI is InChI=1S/C21H31N4O/c1-16(2)20-24(15-19(26)21(3,4)5)12-13-25(20)22-14-17-8-10-18(11-9-17)23(6)7/h8-14,16H,15H2,1-7H3/q+1. The number of rotatable bonds is 6. The van der Waals surface area contributed by atoms with Gasteiger partial charge in [0.05, 0.1) is 12.1 Å². The number of hydrogen-bond donors (Lipinski definition) is 0. The van der Waals surface area contributed by atoms with Gasteiger partial charge in [-0.1, -0.05) is 51.9 Å². The topological polar surface area (TPSA) is 41.5 Å². The van der Waals surface area contributed by atoms with Crippen molar-refractivity contribution in [2.45, 2.75) is 47.1 Å². The molecule has 1 aromatic heterocycles. The first-order valence-electron chi connectivity index (χ1n) is 9.05. The molecule has 0 amide bonds. The molecule has 0 radical (unpaired) electrons. The van der Waals surface area contributed by atoms with Gasteiger partial charge in [0.25, 0.3) is 5.82 Å². The molecule has 2 rings (SSSR count). The third kappa shape index (κ3) is 4.81. The van der Waals surface area contributed by atoms with Crippen LogP contribution < -0.4 is 9.47 Å². The average molecular weight is 356 g/mol. The lowest BCUT2D eigenvalue weighted by molar-refractivity contribution is -0.692. The van der Waals surface area contributed by atoms with Gasteiger partial charge in [-0.3, -0.25) is 4.79 Å². The number of carbonyl (C=O) groups excluding carboxylic acids is 1. The Kier molecular flexibility index (Phi) is 6.01. The first-order valence-corrected chi connectivity index (χ1v) is 9.05. The van der Waals surface area contributed by atoms with E-state index < -0.39 is 0 Å². The molecule has 0 N–H and O–H groups in total. The normalized spacial score (nSPS) is 12.2. The predicted octanol–water partition coefficient (Wildman–Crippen LogP) is 3.46. The van der Waals surface area contributed by atoms with E-state index in [0.717, 1.165) is 17.1 Å². The van der Waals surface area contributed by atoms with Gasteiger partial charge in [0.15, 0.2) is 12.0 Å². The Morgan fingerprint density at radius 2 is 1.85 bits per heavy atom. The van der Waals surface area contributed by atoms with Crippen molar-refractivity contribution in [1.82, 2.24) is 4.68 Å². The predicted molar refractivity (Wildman–Crippen MR) is 107 cm³/mol. The molecular weight excluding hydrogens is 324 g/mol. The van der Waals surface area contributed by atoms with E-state index in [1.54, 1.807) is 0 Å². The summed E-state index contributed by atoms with van der Waals surface area (Å²) in [5.41, 5.74) is 1.85. The van der Waals surface area contributed by atoms with Gasteiger partial charge in [0, 0.05) is 25.2 Å². The number of nitrogens with zero attached hydrogens (tertiary/aromatic N) is 4. The number of carbonyl (C=O) groups is 1. The van der Waals surface area contributed by atoms with Crippen LogP contribution in [0.5, 0.6) is 0 Å². The number of ketones is 1. The number of Topliss-reactive ketones (excluding diaryl/α,β-unsaturated/α-hetero) is 1. The molecule has 5 heteroatoms. The van der Waals surface area contributed by atoms with Crippen LogP contribution in [0.2, 0.25) is 0 Å². The number of anilines is 1. The Bertz CT molecular complexity index is 777. The Labute approximate surface area is 157 Å². The van der Waals surface area contributed by atoms with Crippen LogP contribution in [0.4, 0.5) is 5.69 Å². The van der Waals surface area contributed by atoms with Crippen LogP contribution in [-0.4, -0.2) is 30.8 Å². The molecule has 140 valence electrons. The van der Waals surface area contributed by atoms with Crippen molar-refractivity contribution < 1.29 is 9.36 Å². The van der Waals surface area contributed by atoms with Crippen LogP contribution in [-0.2, 0) is 11.3 Å². The summed E-state index contributed by atoms with van der Waals surface area (Å²) in [5, 5.41) is 4.61. The molecule has 5 nitrogen and oxygen atoms in total. The molecule has 26 heavy (non-hydrogen) atoms. The molecule has 0 saturated carbocycles. The van der Waals surface area contributed by atoms with Crippen molar-refractivity contribution in [2.24, 2.45) is 10.5 Å². The molecule has 0 unspecified atom stereocenters. The summed E-state index contributed by atoms with van der Waals surface area (Å²) in [6, 6.07) is 8.24. The second-order valence-electron chi connectivity index (χ2n) is 8.19. The lowest BCUT2D eigenvalue weighted by Gasteiger charge is -2.15. The second kappa shape index (κ2) is 7.85. The van der Waals surface area contributed by atoms with Crippen LogP contribution >= 0.6 is 0 Å². The van der Waals surface area contributed by atoms with Crippen molar-refractivity contribution in [3.8, 4) is 0 Å². The zero-order valence-electron chi connectivity index (χ0n) is 17.0. The average Bonchev–Trinajstić information content (AvgIpc) is 2.95. The molecule has 0 saturated heterocycles. The first-order chi connectivity index (χ1) is 12.1. The summed E-state index contributed by atoms with van der Waals surface area (Å²) in [6.07, 6.45) is 5.70. The maximum atomic E-state index is 12.4. The fourth-order valence-corrected chi connectivity index (χ4v) is 2.63. The van der Waals surface area contributed by atoms with Gasteiger partial charge in [-0.2, -0.15) is 0 Å². The smallest absolute Gasteiger partial charge is 0.284 e. The largest absolute Gasteiger partial charge is 0.378 e. The molecule has 2 aromatic rings. The fraction of sp³-hybridized carbons (Fsp3) is 0.476. The number of imidazole rings is 1. The highest BCUT2D eigenvalue weighted by Crippen LogP contribution is 2.16. The number of aromatic nitrogens is 2. The molecule has 0 spiro atoms. The summed E-state index contributed by atoms with van der Waals surface area (Å²) < 4.78 is 3.87. The highest BCUT2D eigenvalue weighted by Gasteiger charge is 2.28. The monoisotopic (exact) mass is 355 g/mol. The zero-order chi connectivity index (χ0) is 19.5. The van der Waals surface area contributed by atoms with Gasteiger partial charge in [-0.05, 0) is 17.7 Å². The Morgan fingerprint density at radius 3 is 2.35 bits per heavy atom. The van der Waals surface area contributed by atoms with Crippen LogP contribution in [0, 0.1) is 5.41 Å². The SMILES string of the molecule is CC(C)c1n(N=Cc2ccc(N(C)C)cc2)cc[n+]1CC(=O)C(C)(C)C. The molecule has 0 aliphatic heterocycles. The van der Waals surface area contributed by atoms with Gasteiger partial charge < -0.3 is 4.90 Å². The molecule has 0 aliphatic carbocycles. The lowest BCUT2D eigenvalue weighted by atomic mass is 9.91. The minimum atomic E-state index is -0.346. The molecule has 0 fully saturated rings. The van der Waals surface area contributed by atoms with E-state index in [1.165, 1.54) is 0 Å². The quantitative estimate of drug-likeness (QED) is 0.588. The maximum Gasteiger partial charge on any atom is 0.284 e. The lowest BCUT2D eigenvalue weighted by Crippen LogP contribution is -2.44. The Balaban J connectivity index is 2.25. The molecule has 0 aliphatic rings. The van der Waals surface area contributed by atoms with Gasteiger partial charge >= 0.3 is 0 Å². The number of hydrogen-bond acceptors (Lipinski definition) is 3. The molecule has 0 atom stereocenters. The van der Waals surface area contributed by atoms with Crippen molar-refractivity contribution in [3.63, 3.8) is 0 Å². The molecule has 1 heterocycles. The summed E-state index contributed by atoms with van der Waals surface area (Å²) >= 11 is 0. The Morgan fingerprint density at radius 1 is 1.23 bits per heavy atom. The highest BCUT2D eigenvalue weighted by atomic mass is 16.1. The maximum absolute atomic E-state index is 12.4. The van der Waals surface area contributed by atoms with E-state index in [4.69, 9.17) is 0 Å². The van der Waals surface area contributed by atoms with Crippen molar-refractivity contribution in [3.05, 3.63) is 48.0 Å². The van der Waals surface area contributed by atoms with E-state index in [-0.39, 0.29) is 17.1 Å². The Hall–Kier alpha value is -2.43. The third-order valence-electron chi connectivity index (χ3n) is 4.32. The van der Waals surface area contributed by atoms with E-state index in [0.29, 0.717) is 6.54 Å².